The smallest absolute Gasteiger partial charge is 0.187 e. The summed E-state index contributed by atoms with van der Waals surface area (Å²) in [6.45, 7) is 1.01. The summed E-state index contributed by atoms with van der Waals surface area (Å²) in [5.74, 6) is 0. The lowest BCUT2D eigenvalue weighted by molar-refractivity contribution is -0.313. The van der Waals surface area contributed by atoms with Crippen molar-refractivity contribution in [2.24, 2.45) is 0 Å². The summed E-state index contributed by atoms with van der Waals surface area (Å²) in [7, 11) is 3.21. The number of hydrogen-bond acceptors (Lipinski definition) is 12. The first-order valence-electron chi connectivity index (χ1n) is 8.66. The second-order valence-electron chi connectivity index (χ2n) is 6.33. The molecule has 12 nitrogen and oxygen atoms in total. The van der Waals surface area contributed by atoms with E-state index in [0.717, 1.165) is 0 Å². The van der Waals surface area contributed by atoms with E-state index in [9.17, 15) is 30.3 Å². The third-order valence-electron chi connectivity index (χ3n) is 4.45. The molecule has 28 heavy (non-hydrogen) atoms. The normalized spacial score (nSPS) is 39.4. The molecular weight excluding hydrogens is 384 g/mol. The quantitative estimate of drug-likeness (QED) is 0.176. The summed E-state index contributed by atoms with van der Waals surface area (Å²) in [5, 5.41) is 57.2. The molecule has 0 aromatic heterocycles. The van der Waals surface area contributed by atoms with E-state index in [-0.39, 0.29) is 12.9 Å². The summed E-state index contributed by atoms with van der Waals surface area (Å²) in [6, 6.07) is 0. The molecule has 12 heteroatoms. The second-order valence-corrected chi connectivity index (χ2v) is 6.33. The van der Waals surface area contributed by atoms with Crippen LogP contribution in [0.3, 0.4) is 0 Å². The molecule has 0 bridgehead atoms. The van der Waals surface area contributed by atoms with E-state index in [1.54, 1.807) is 14.2 Å². The van der Waals surface area contributed by atoms with Crippen molar-refractivity contribution in [1.82, 2.24) is 0 Å². The molecule has 6 N–H and O–H groups in total. The maximum absolute atomic E-state index is 11.1. The highest BCUT2D eigenvalue weighted by Gasteiger charge is 2.47. The third-order valence-corrected chi connectivity index (χ3v) is 4.45. The Morgan fingerprint density at radius 1 is 1.04 bits per heavy atom. The fraction of sp³-hybridized carbons (Fsp3) is 0.938. The minimum atomic E-state index is -1.68. The number of aldehydes is 1. The summed E-state index contributed by atoms with van der Waals surface area (Å²) in [6.07, 6.45) is -12.4. The van der Waals surface area contributed by atoms with Gasteiger partial charge in [0, 0.05) is 14.2 Å². The van der Waals surface area contributed by atoms with Gasteiger partial charge in [-0.05, 0) is 6.92 Å². The van der Waals surface area contributed by atoms with Crippen molar-refractivity contribution in [3.8, 4) is 0 Å². The molecule has 0 saturated carbocycles. The molecular formula is C16H30O12. The summed E-state index contributed by atoms with van der Waals surface area (Å²) in [4.78, 5) is 11.1. The zero-order chi connectivity index (χ0) is 21.4. The Balaban J connectivity index is 0.000000568. The molecule has 2 saturated heterocycles. The number of carbonyl (C=O) groups excluding carboxylic acids is 1. The van der Waals surface area contributed by atoms with E-state index in [4.69, 9.17) is 19.3 Å². The van der Waals surface area contributed by atoms with E-state index < -0.39 is 61.7 Å². The number of carbonyl (C=O) groups is 1. The molecule has 1 unspecified atom stereocenters. The summed E-state index contributed by atoms with van der Waals surface area (Å²) in [5.41, 5.74) is 0. The average molecular weight is 414 g/mol. The van der Waals surface area contributed by atoms with Crippen LogP contribution >= 0.6 is 0 Å². The van der Waals surface area contributed by atoms with Crippen LogP contribution in [0, 0.1) is 0 Å². The molecule has 0 aromatic carbocycles. The van der Waals surface area contributed by atoms with Crippen molar-refractivity contribution in [3.05, 3.63) is 0 Å². The third kappa shape index (κ3) is 6.37. The van der Waals surface area contributed by atoms with E-state index in [0.29, 0.717) is 6.29 Å². The van der Waals surface area contributed by atoms with Crippen LogP contribution in [0.2, 0.25) is 0 Å². The molecule has 2 heterocycles. The molecule has 2 fully saturated rings. The van der Waals surface area contributed by atoms with Crippen LogP contribution in [-0.2, 0) is 28.5 Å². The highest BCUT2D eigenvalue weighted by atomic mass is 16.7. The van der Waals surface area contributed by atoms with E-state index in [2.05, 4.69) is 9.47 Å². The SMILES string of the molecule is COC(C)OC.O=C[C@H](OC1O[C@H](CO)[C@H](O)[C@H](O)[C@H]1O)[C@H]1OC[C@@H](O)[C@@H]1O. The first kappa shape index (κ1) is 25.3. The maximum Gasteiger partial charge on any atom is 0.187 e. The van der Waals surface area contributed by atoms with Gasteiger partial charge in [-0.1, -0.05) is 0 Å². The highest BCUT2D eigenvalue weighted by Crippen LogP contribution is 2.26. The fourth-order valence-electron chi connectivity index (χ4n) is 2.53. The molecule has 0 spiro atoms. The Morgan fingerprint density at radius 3 is 2.04 bits per heavy atom. The minimum absolute atomic E-state index is 0.0648. The lowest BCUT2D eigenvalue weighted by Gasteiger charge is -2.40. The van der Waals surface area contributed by atoms with Crippen molar-refractivity contribution < 1.29 is 59.1 Å². The van der Waals surface area contributed by atoms with Gasteiger partial charge in [0.1, 0.15) is 48.8 Å². The average Bonchev–Trinajstić information content (AvgIpc) is 3.04. The van der Waals surface area contributed by atoms with Gasteiger partial charge in [-0.3, -0.25) is 0 Å². The van der Waals surface area contributed by atoms with Gasteiger partial charge in [0.25, 0.3) is 0 Å². The van der Waals surface area contributed by atoms with Crippen molar-refractivity contribution in [2.75, 3.05) is 27.4 Å². The van der Waals surface area contributed by atoms with Gasteiger partial charge in [0.15, 0.2) is 18.9 Å². The van der Waals surface area contributed by atoms with Gasteiger partial charge in [0.2, 0.25) is 0 Å². The molecule has 9 atom stereocenters. The number of hydrogen-bond donors (Lipinski definition) is 6. The van der Waals surface area contributed by atoms with Gasteiger partial charge in [-0.2, -0.15) is 0 Å². The first-order chi connectivity index (χ1) is 13.2. The van der Waals surface area contributed by atoms with Crippen LogP contribution in [0.1, 0.15) is 6.92 Å². The van der Waals surface area contributed by atoms with Crippen LogP contribution < -0.4 is 0 Å². The number of rotatable bonds is 7. The Morgan fingerprint density at radius 2 is 1.64 bits per heavy atom. The lowest BCUT2D eigenvalue weighted by Crippen LogP contribution is -2.60. The Labute approximate surface area is 162 Å². The molecule has 2 aliphatic rings. The van der Waals surface area contributed by atoms with Crippen molar-refractivity contribution in [3.63, 3.8) is 0 Å². The van der Waals surface area contributed by atoms with Gasteiger partial charge >= 0.3 is 0 Å². The van der Waals surface area contributed by atoms with E-state index in [1.807, 2.05) is 6.92 Å². The van der Waals surface area contributed by atoms with Crippen molar-refractivity contribution in [2.45, 2.75) is 68.3 Å². The predicted molar refractivity (Wildman–Crippen MR) is 89.9 cm³/mol. The Bertz CT molecular complexity index is 445. The van der Waals surface area contributed by atoms with Gasteiger partial charge in [-0.25, -0.2) is 0 Å². The molecule has 0 aliphatic carbocycles. The lowest BCUT2D eigenvalue weighted by atomic mass is 9.99. The summed E-state index contributed by atoms with van der Waals surface area (Å²) < 4.78 is 24.7. The van der Waals surface area contributed by atoms with Gasteiger partial charge in [-0.15, -0.1) is 0 Å². The van der Waals surface area contributed by atoms with Crippen LogP contribution in [0.4, 0.5) is 0 Å². The van der Waals surface area contributed by atoms with Crippen LogP contribution in [0.15, 0.2) is 0 Å². The topological polar surface area (TPSA) is 185 Å². The first-order valence-corrected chi connectivity index (χ1v) is 8.66. The maximum atomic E-state index is 11.1. The van der Waals surface area contributed by atoms with Crippen LogP contribution in [-0.4, -0.2) is 126 Å². The van der Waals surface area contributed by atoms with Gasteiger partial charge in [0.05, 0.1) is 13.2 Å². The van der Waals surface area contributed by atoms with E-state index >= 15 is 0 Å². The van der Waals surface area contributed by atoms with Crippen molar-refractivity contribution >= 4 is 6.29 Å². The molecule has 0 amide bonds. The number of aliphatic hydroxyl groups excluding tert-OH is 6. The number of methoxy groups -OCH3 is 2. The largest absolute Gasteiger partial charge is 0.394 e. The standard InChI is InChI=1S/C12H20O10.C4H10O2/c13-1-5-8(17)9(18)10(19)12(21-5)22-6(2-14)11-7(16)4(15)3-20-11;1-4(5-2)6-3/h2,4-13,15-19H,1,3H2;4H,1-3H3/t4-,5-,6+,7+,8+,9+,10-,11-,12?;/m1./s1. The zero-order valence-electron chi connectivity index (χ0n) is 15.9. The highest BCUT2D eigenvalue weighted by molar-refractivity contribution is 5.57. The van der Waals surface area contributed by atoms with Crippen LogP contribution in [0.25, 0.3) is 0 Å². The summed E-state index contributed by atoms with van der Waals surface area (Å²) >= 11 is 0. The van der Waals surface area contributed by atoms with E-state index in [1.165, 1.54) is 0 Å². The molecule has 0 aromatic rings. The van der Waals surface area contributed by atoms with Gasteiger partial charge < -0.3 is 59.1 Å². The molecule has 0 radical (unpaired) electrons. The molecule has 2 aliphatic heterocycles. The Hall–Kier alpha value is -0.770. The minimum Gasteiger partial charge on any atom is -0.394 e. The zero-order valence-corrected chi connectivity index (χ0v) is 15.9. The van der Waals surface area contributed by atoms with Crippen LogP contribution in [0.5, 0.6) is 0 Å². The van der Waals surface area contributed by atoms with Crippen molar-refractivity contribution in [1.29, 1.82) is 0 Å². The molecule has 166 valence electrons. The predicted octanol–water partition coefficient (Wildman–Crippen LogP) is -3.88. The monoisotopic (exact) mass is 414 g/mol. The number of aliphatic hydroxyl groups is 6. The molecule has 2 rings (SSSR count). The fourth-order valence-corrected chi connectivity index (χ4v) is 2.53. The number of ether oxygens (including phenoxy) is 5. The Kier molecular flexibility index (Phi) is 10.9. The second kappa shape index (κ2) is 12.0.